The van der Waals surface area contributed by atoms with Gasteiger partial charge in [-0.1, -0.05) is 103 Å². The molecule has 0 aliphatic rings. The predicted octanol–water partition coefficient (Wildman–Crippen LogP) is 8.01. The Labute approximate surface area is 163 Å². The third-order valence-electron chi connectivity index (χ3n) is 4.76. The van der Waals surface area contributed by atoms with Crippen molar-refractivity contribution in [3.8, 4) is 11.1 Å². The van der Waals surface area contributed by atoms with Crippen molar-refractivity contribution in [3.63, 3.8) is 0 Å². The molecule has 0 unspecified atom stereocenters. The first-order chi connectivity index (χ1) is 11.2. The van der Waals surface area contributed by atoms with E-state index < -0.39 is 0 Å². The average Bonchev–Trinajstić information content (AvgIpc) is 2.43. The van der Waals surface area contributed by atoms with Crippen LogP contribution in [0, 0.1) is 0 Å². The van der Waals surface area contributed by atoms with Crippen LogP contribution in [0.2, 0.25) is 0 Å². The highest BCUT2D eigenvalue weighted by Crippen LogP contribution is 2.36. The number of hydrogen-bond donors (Lipinski definition) is 0. The van der Waals surface area contributed by atoms with Crippen LogP contribution in [0.5, 0.6) is 0 Å². The number of rotatable bonds is 1. The molecule has 0 heterocycles. The fourth-order valence-corrected chi connectivity index (χ4v) is 3.34. The van der Waals surface area contributed by atoms with Crippen molar-refractivity contribution in [1.82, 2.24) is 0 Å². The van der Waals surface area contributed by atoms with Gasteiger partial charge in [0.05, 0.1) is 0 Å². The summed E-state index contributed by atoms with van der Waals surface area (Å²) in [5.41, 5.74) is 7.14. The fourth-order valence-electron chi connectivity index (χ4n) is 2.85. The van der Waals surface area contributed by atoms with Crippen LogP contribution in [-0.4, -0.2) is 0 Å². The molecule has 0 aromatic heterocycles. The second kappa shape index (κ2) is 6.58. The van der Waals surface area contributed by atoms with E-state index in [-0.39, 0.29) is 16.2 Å². The van der Waals surface area contributed by atoms with E-state index in [0.29, 0.717) is 0 Å². The minimum absolute atomic E-state index is 0.132. The van der Waals surface area contributed by atoms with Crippen molar-refractivity contribution in [2.24, 2.45) is 0 Å². The maximum absolute atomic E-state index is 3.72. The summed E-state index contributed by atoms with van der Waals surface area (Å²) in [7, 11) is 0. The van der Waals surface area contributed by atoms with E-state index >= 15 is 0 Å². The first-order valence-corrected chi connectivity index (χ1v) is 9.95. The van der Waals surface area contributed by atoms with Crippen molar-refractivity contribution in [2.45, 2.75) is 78.6 Å². The van der Waals surface area contributed by atoms with Crippen LogP contribution in [0.4, 0.5) is 0 Å². The summed E-state index contributed by atoms with van der Waals surface area (Å²) in [6, 6.07) is 13.9. The van der Waals surface area contributed by atoms with Crippen LogP contribution in [0.15, 0.2) is 40.9 Å². The summed E-state index contributed by atoms with van der Waals surface area (Å²) in [5.74, 6) is 0. The molecule has 2 aromatic rings. The molecule has 1 heteroatoms. The van der Waals surface area contributed by atoms with Gasteiger partial charge in [-0.2, -0.15) is 0 Å². The Kier molecular flexibility index (Phi) is 5.32. The van der Waals surface area contributed by atoms with Crippen LogP contribution in [-0.2, 0) is 16.2 Å². The van der Waals surface area contributed by atoms with Gasteiger partial charge in [-0.3, -0.25) is 0 Å². The van der Waals surface area contributed by atoms with E-state index in [1.807, 2.05) is 0 Å². The zero-order valence-electron chi connectivity index (χ0n) is 17.3. The van der Waals surface area contributed by atoms with Crippen LogP contribution in [0.3, 0.4) is 0 Å². The molecular formula is C24H33Br. The van der Waals surface area contributed by atoms with Gasteiger partial charge >= 0.3 is 0 Å². The van der Waals surface area contributed by atoms with Gasteiger partial charge in [-0.15, -0.1) is 0 Å². The third-order valence-corrected chi connectivity index (χ3v) is 5.22. The van der Waals surface area contributed by atoms with E-state index in [0.717, 1.165) is 4.47 Å². The van der Waals surface area contributed by atoms with Crippen molar-refractivity contribution in [2.75, 3.05) is 0 Å². The van der Waals surface area contributed by atoms with Gasteiger partial charge in [0.1, 0.15) is 0 Å². The smallest absolute Gasteiger partial charge is 0.0184 e. The molecule has 0 spiro atoms. The Morgan fingerprint density at radius 1 is 0.480 bits per heavy atom. The molecule has 0 saturated carbocycles. The topological polar surface area (TPSA) is 0 Å². The largest absolute Gasteiger partial charge is 0.0561 e. The Morgan fingerprint density at radius 2 is 0.800 bits per heavy atom. The molecule has 136 valence electrons. The highest BCUT2D eigenvalue weighted by molar-refractivity contribution is 9.10. The zero-order chi connectivity index (χ0) is 19.2. The molecule has 0 radical (unpaired) electrons. The minimum Gasteiger partial charge on any atom is -0.0561 e. The van der Waals surface area contributed by atoms with Gasteiger partial charge in [0.25, 0.3) is 0 Å². The summed E-state index contributed by atoms with van der Waals surface area (Å²) < 4.78 is 1.15. The lowest BCUT2D eigenvalue weighted by Crippen LogP contribution is -2.16. The maximum Gasteiger partial charge on any atom is 0.0184 e. The van der Waals surface area contributed by atoms with Gasteiger partial charge in [0.15, 0.2) is 0 Å². The summed E-state index contributed by atoms with van der Waals surface area (Å²) in [5, 5.41) is 0. The standard InChI is InChI=1S/C24H33Br/c1-22(2,3)18-10-16(11-19(14-18)23(4,5)6)17-12-20(24(7,8)9)15-21(25)13-17/h10-15H,1-9H3. The molecule has 0 N–H and O–H groups in total. The first-order valence-electron chi connectivity index (χ1n) is 9.15. The van der Waals surface area contributed by atoms with Gasteiger partial charge in [-0.05, 0) is 56.2 Å². The molecule has 0 aliphatic carbocycles. The molecule has 0 aliphatic heterocycles. The van der Waals surface area contributed by atoms with Crippen molar-refractivity contribution in [1.29, 1.82) is 0 Å². The highest BCUT2D eigenvalue weighted by Gasteiger charge is 2.22. The van der Waals surface area contributed by atoms with Crippen LogP contribution >= 0.6 is 15.9 Å². The van der Waals surface area contributed by atoms with Crippen molar-refractivity contribution >= 4 is 15.9 Å². The van der Waals surface area contributed by atoms with E-state index in [1.165, 1.54) is 27.8 Å². The van der Waals surface area contributed by atoms with Crippen molar-refractivity contribution in [3.05, 3.63) is 57.6 Å². The summed E-state index contributed by atoms with van der Waals surface area (Å²) in [6.45, 7) is 20.6. The Morgan fingerprint density at radius 3 is 1.16 bits per heavy atom. The minimum atomic E-state index is 0.132. The molecule has 0 saturated heterocycles. The van der Waals surface area contributed by atoms with Crippen LogP contribution < -0.4 is 0 Å². The lowest BCUT2D eigenvalue weighted by atomic mass is 9.78. The Balaban J connectivity index is 2.73. The normalized spacial score (nSPS) is 13.2. The summed E-state index contributed by atoms with van der Waals surface area (Å²) >= 11 is 3.72. The Hall–Kier alpha value is -1.08. The van der Waals surface area contributed by atoms with Gasteiger partial charge in [0.2, 0.25) is 0 Å². The van der Waals surface area contributed by atoms with Crippen LogP contribution in [0.1, 0.15) is 79.0 Å². The summed E-state index contributed by atoms with van der Waals surface area (Å²) in [6.07, 6.45) is 0. The molecule has 0 atom stereocenters. The Bertz CT molecular complexity index is 730. The quantitative estimate of drug-likeness (QED) is 0.454. The SMILES string of the molecule is CC(C)(C)c1cc(Br)cc(-c2cc(C(C)(C)C)cc(C(C)(C)C)c2)c1. The molecule has 0 bridgehead atoms. The van der Waals surface area contributed by atoms with Gasteiger partial charge in [0, 0.05) is 4.47 Å². The lowest BCUT2D eigenvalue weighted by Gasteiger charge is -2.27. The van der Waals surface area contributed by atoms with E-state index in [9.17, 15) is 0 Å². The average molecular weight is 401 g/mol. The molecular weight excluding hydrogens is 368 g/mol. The molecule has 25 heavy (non-hydrogen) atoms. The lowest BCUT2D eigenvalue weighted by molar-refractivity contribution is 0.569. The third kappa shape index (κ3) is 4.97. The molecule has 0 amide bonds. The molecule has 2 aromatic carbocycles. The van der Waals surface area contributed by atoms with E-state index in [1.54, 1.807) is 0 Å². The molecule has 0 fully saturated rings. The number of benzene rings is 2. The second-order valence-electron chi connectivity index (χ2n) is 10.3. The van der Waals surface area contributed by atoms with Crippen molar-refractivity contribution < 1.29 is 0 Å². The van der Waals surface area contributed by atoms with E-state index in [2.05, 4.69) is 115 Å². The molecule has 0 nitrogen and oxygen atoms in total. The first kappa shape index (κ1) is 20.2. The van der Waals surface area contributed by atoms with Gasteiger partial charge in [-0.25, -0.2) is 0 Å². The zero-order valence-corrected chi connectivity index (χ0v) is 18.9. The molecule has 2 rings (SSSR count). The number of halogens is 1. The van der Waals surface area contributed by atoms with Crippen LogP contribution in [0.25, 0.3) is 11.1 Å². The number of hydrogen-bond acceptors (Lipinski definition) is 0. The predicted molar refractivity (Wildman–Crippen MR) is 116 cm³/mol. The fraction of sp³-hybridized carbons (Fsp3) is 0.500. The highest BCUT2D eigenvalue weighted by atomic mass is 79.9. The second-order valence-corrected chi connectivity index (χ2v) is 11.2. The maximum atomic E-state index is 3.72. The summed E-state index contributed by atoms with van der Waals surface area (Å²) in [4.78, 5) is 0. The van der Waals surface area contributed by atoms with E-state index in [4.69, 9.17) is 0 Å². The monoisotopic (exact) mass is 400 g/mol. The van der Waals surface area contributed by atoms with Gasteiger partial charge < -0.3 is 0 Å².